The van der Waals surface area contributed by atoms with Crippen LogP contribution in [0, 0.1) is 5.92 Å². The summed E-state index contributed by atoms with van der Waals surface area (Å²) >= 11 is 0. The van der Waals surface area contributed by atoms with Crippen LogP contribution in [0.2, 0.25) is 0 Å². The summed E-state index contributed by atoms with van der Waals surface area (Å²) in [5.41, 5.74) is 2.34. The highest BCUT2D eigenvalue weighted by molar-refractivity contribution is 7.89. The number of likely N-dealkylation sites (N-methyl/N-ethyl adjacent to an activating group) is 1. The fourth-order valence-electron chi connectivity index (χ4n) is 4.53. The number of benzene rings is 1. The third-order valence-electron chi connectivity index (χ3n) is 6.66. The molecule has 0 fully saturated rings. The predicted molar refractivity (Wildman–Crippen MR) is 131 cm³/mol. The van der Waals surface area contributed by atoms with Gasteiger partial charge in [0.05, 0.1) is 19.3 Å². The van der Waals surface area contributed by atoms with Crippen molar-refractivity contribution in [3.8, 4) is 5.75 Å². The molecule has 10 heteroatoms. The van der Waals surface area contributed by atoms with E-state index in [1.165, 1.54) is 33.4 Å². The molecule has 1 aromatic carbocycles. The van der Waals surface area contributed by atoms with Gasteiger partial charge in [0.2, 0.25) is 10.0 Å². The van der Waals surface area contributed by atoms with Gasteiger partial charge >= 0.3 is 0 Å². The zero-order chi connectivity index (χ0) is 25.2. The maximum atomic E-state index is 13.6. The third kappa shape index (κ3) is 5.24. The van der Waals surface area contributed by atoms with Gasteiger partial charge in [0.15, 0.2) is 0 Å². The number of allylic oxidation sites excluding steroid dienone is 2. The Balaban J connectivity index is 1.72. The van der Waals surface area contributed by atoms with Crippen molar-refractivity contribution in [2.45, 2.75) is 50.2 Å². The molecule has 0 unspecified atom stereocenters. The van der Waals surface area contributed by atoms with Crippen LogP contribution in [0.3, 0.4) is 0 Å². The quantitative estimate of drug-likeness (QED) is 0.649. The lowest BCUT2D eigenvalue weighted by molar-refractivity contribution is 0.0559. The Morgan fingerprint density at radius 3 is 2.80 bits per heavy atom. The van der Waals surface area contributed by atoms with Crippen LogP contribution in [0.25, 0.3) is 5.57 Å². The molecule has 2 aliphatic rings. The standard InChI is InChI=1S/C25H32N4O5S/c1-17-14-29(18(2)16-30)35(32,33)24-9-8-20(19-6-4-5-7-19)12-22(24)34-23(17)15-28(3)25(31)21-13-26-10-11-27-21/h6,8-13,17-18,23,30H,4-5,7,14-16H2,1-3H3/t17-,18-,23+/m1/s1. The molecule has 0 radical (unpaired) electrons. The van der Waals surface area contributed by atoms with E-state index < -0.39 is 22.2 Å². The van der Waals surface area contributed by atoms with Crippen molar-refractivity contribution in [1.29, 1.82) is 0 Å². The lowest BCUT2D eigenvalue weighted by Gasteiger charge is -2.37. The highest BCUT2D eigenvalue weighted by Gasteiger charge is 2.38. The van der Waals surface area contributed by atoms with Crippen molar-refractivity contribution < 1.29 is 23.1 Å². The smallest absolute Gasteiger partial charge is 0.273 e. The van der Waals surface area contributed by atoms with E-state index in [4.69, 9.17) is 4.74 Å². The lowest BCUT2D eigenvalue weighted by Crippen LogP contribution is -2.50. The molecule has 1 aliphatic heterocycles. The molecule has 0 saturated heterocycles. The number of aliphatic hydroxyl groups excluding tert-OH is 1. The number of aliphatic hydroxyl groups is 1. The number of sulfonamides is 1. The number of aromatic nitrogens is 2. The van der Waals surface area contributed by atoms with Crippen LogP contribution in [-0.2, 0) is 10.0 Å². The van der Waals surface area contributed by atoms with Gasteiger partial charge in [-0.05, 0) is 49.5 Å². The summed E-state index contributed by atoms with van der Waals surface area (Å²) in [6.45, 7) is 3.65. The number of ether oxygens (including phenoxy) is 1. The summed E-state index contributed by atoms with van der Waals surface area (Å²) in [4.78, 5) is 22.5. The molecule has 0 bridgehead atoms. The predicted octanol–water partition coefficient (Wildman–Crippen LogP) is 2.58. The van der Waals surface area contributed by atoms with Crippen LogP contribution in [0.5, 0.6) is 5.75 Å². The topological polar surface area (TPSA) is 113 Å². The summed E-state index contributed by atoms with van der Waals surface area (Å²) in [6, 6.07) is 4.60. The second-order valence-corrected chi connectivity index (χ2v) is 11.2. The number of carbonyl (C=O) groups is 1. The summed E-state index contributed by atoms with van der Waals surface area (Å²) in [7, 11) is -2.24. The maximum Gasteiger partial charge on any atom is 0.273 e. The molecule has 2 aromatic rings. The van der Waals surface area contributed by atoms with Crippen molar-refractivity contribution in [2.24, 2.45) is 5.92 Å². The average Bonchev–Trinajstić information content (AvgIpc) is 3.40. The molecular weight excluding hydrogens is 468 g/mol. The summed E-state index contributed by atoms with van der Waals surface area (Å²) < 4.78 is 35.0. The van der Waals surface area contributed by atoms with Gasteiger partial charge in [-0.25, -0.2) is 13.4 Å². The second-order valence-electron chi connectivity index (χ2n) is 9.30. The van der Waals surface area contributed by atoms with Gasteiger partial charge in [-0.1, -0.05) is 19.1 Å². The average molecular weight is 501 g/mol. The first-order valence-corrected chi connectivity index (χ1v) is 13.3. The number of nitrogens with zero attached hydrogens (tertiary/aromatic N) is 4. The van der Waals surface area contributed by atoms with Crippen LogP contribution in [0.15, 0.2) is 47.8 Å². The van der Waals surface area contributed by atoms with Gasteiger partial charge in [0.25, 0.3) is 5.91 Å². The van der Waals surface area contributed by atoms with Crippen LogP contribution in [0.1, 0.15) is 49.2 Å². The number of carbonyl (C=O) groups excluding carboxylic acids is 1. The molecule has 9 nitrogen and oxygen atoms in total. The minimum atomic E-state index is -3.91. The minimum absolute atomic E-state index is 0.0694. The molecule has 35 heavy (non-hydrogen) atoms. The minimum Gasteiger partial charge on any atom is -0.487 e. The monoisotopic (exact) mass is 500 g/mol. The van der Waals surface area contributed by atoms with Crippen LogP contribution < -0.4 is 4.74 Å². The van der Waals surface area contributed by atoms with Crippen molar-refractivity contribution in [1.82, 2.24) is 19.2 Å². The molecule has 1 aromatic heterocycles. The Morgan fingerprint density at radius 2 is 2.14 bits per heavy atom. The SMILES string of the molecule is C[C@@H]1CN([C@H](C)CO)S(=O)(=O)c2ccc(C3=CCCC3)cc2O[C@H]1CN(C)C(=O)c1cnccn1. The second kappa shape index (κ2) is 10.4. The van der Waals surface area contributed by atoms with Crippen LogP contribution >= 0.6 is 0 Å². The lowest BCUT2D eigenvalue weighted by atomic mass is 10.0. The molecule has 188 valence electrons. The summed E-state index contributed by atoms with van der Waals surface area (Å²) in [5.74, 6) is -0.296. The van der Waals surface area contributed by atoms with Crippen molar-refractivity contribution >= 4 is 21.5 Å². The summed E-state index contributed by atoms with van der Waals surface area (Å²) in [5, 5.41) is 9.80. The van der Waals surface area contributed by atoms with E-state index in [0.29, 0.717) is 0 Å². The Morgan fingerprint density at radius 1 is 1.34 bits per heavy atom. The fraction of sp³-hybridized carbons (Fsp3) is 0.480. The van der Waals surface area contributed by atoms with E-state index in [1.807, 2.05) is 13.0 Å². The number of hydrogen-bond donors (Lipinski definition) is 1. The highest BCUT2D eigenvalue weighted by atomic mass is 32.2. The molecule has 0 saturated carbocycles. The molecule has 3 atom stereocenters. The third-order valence-corrected chi connectivity index (χ3v) is 8.68. The van der Waals surface area contributed by atoms with E-state index in [1.54, 1.807) is 26.1 Å². The highest BCUT2D eigenvalue weighted by Crippen LogP contribution is 2.37. The van der Waals surface area contributed by atoms with Crippen molar-refractivity contribution in [3.63, 3.8) is 0 Å². The first-order valence-electron chi connectivity index (χ1n) is 11.9. The van der Waals surface area contributed by atoms with Crippen molar-refractivity contribution in [2.75, 3.05) is 26.7 Å². The van der Waals surface area contributed by atoms with Gasteiger partial charge in [0.1, 0.15) is 22.4 Å². The number of amides is 1. The zero-order valence-corrected chi connectivity index (χ0v) is 21.1. The Hall–Kier alpha value is -2.82. The van der Waals surface area contributed by atoms with Gasteiger partial charge in [-0.15, -0.1) is 0 Å². The van der Waals surface area contributed by atoms with Crippen LogP contribution in [0.4, 0.5) is 0 Å². The normalized spacial score (nSPS) is 22.8. The van der Waals surface area contributed by atoms with E-state index in [-0.39, 0.29) is 47.9 Å². The van der Waals surface area contributed by atoms with Gasteiger partial charge in [0, 0.05) is 37.9 Å². The number of fused-ring (bicyclic) bond motifs is 1. The van der Waals surface area contributed by atoms with E-state index >= 15 is 0 Å². The number of rotatable bonds is 6. The first-order chi connectivity index (χ1) is 16.7. The van der Waals surface area contributed by atoms with E-state index in [9.17, 15) is 18.3 Å². The van der Waals surface area contributed by atoms with Gasteiger partial charge < -0.3 is 14.7 Å². The molecule has 1 aliphatic carbocycles. The first kappa shape index (κ1) is 25.3. The molecule has 2 heterocycles. The Labute approximate surface area is 206 Å². The van der Waals surface area contributed by atoms with E-state index in [2.05, 4.69) is 16.0 Å². The van der Waals surface area contributed by atoms with Gasteiger partial charge in [-0.3, -0.25) is 9.78 Å². The molecule has 1 N–H and O–H groups in total. The Kier molecular flexibility index (Phi) is 7.53. The fourth-order valence-corrected chi connectivity index (χ4v) is 6.36. The Bertz CT molecular complexity index is 1200. The van der Waals surface area contributed by atoms with E-state index in [0.717, 1.165) is 24.8 Å². The van der Waals surface area contributed by atoms with Gasteiger partial charge in [-0.2, -0.15) is 4.31 Å². The summed E-state index contributed by atoms with van der Waals surface area (Å²) in [6.07, 6.45) is 9.07. The molecule has 4 rings (SSSR count). The number of hydrogen-bond acceptors (Lipinski definition) is 7. The maximum absolute atomic E-state index is 13.6. The molecule has 0 spiro atoms. The molecule has 1 amide bonds. The zero-order valence-electron chi connectivity index (χ0n) is 20.3. The largest absolute Gasteiger partial charge is 0.487 e. The molecular formula is C25H32N4O5S. The van der Waals surface area contributed by atoms with Crippen LogP contribution in [-0.4, -0.2) is 77.5 Å². The van der Waals surface area contributed by atoms with Crippen molar-refractivity contribution in [3.05, 3.63) is 54.1 Å².